The van der Waals surface area contributed by atoms with Crippen LogP contribution >= 0.6 is 0 Å². The molecule has 2 fully saturated rings. The Morgan fingerprint density at radius 3 is 2.00 bits per heavy atom. The van der Waals surface area contributed by atoms with Gasteiger partial charge in [0, 0.05) is 56.1 Å². The molecule has 0 atom stereocenters. The minimum atomic E-state index is -1.06. The van der Waals surface area contributed by atoms with Crippen molar-refractivity contribution < 1.29 is 23.2 Å². The number of rotatable bonds is 4. The van der Waals surface area contributed by atoms with Crippen LogP contribution in [0.4, 0.5) is 14.5 Å². The van der Waals surface area contributed by atoms with E-state index in [1.54, 1.807) is 0 Å². The van der Waals surface area contributed by atoms with Crippen molar-refractivity contribution in [1.82, 2.24) is 9.80 Å². The topological polar surface area (TPSA) is 60.9 Å². The van der Waals surface area contributed by atoms with E-state index in [1.807, 2.05) is 29.2 Å². The summed E-state index contributed by atoms with van der Waals surface area (Å²) < 4.78 is 26.4. The normalized spacial score (nSPS) is 16.8. The lowest BCUT2D eigenvalue weighted by Crippen LogP contribution is -2.59. The van der Waals surface area contributed by atoms with Crippen molar-refractivity contribution in [3.8, 4) is 0 Å². The number of anilines is 1. The van der Waals surface area contributed by atoms with E-state index >= 15 is 0 Å². The average molecular weight is 427 g/mol. The molecule has 162 valence electrons. The molecular formula is C23H23F2N3O3. The molecule has 2 aliphatic rings. The Morgan fingerprint density at radius 1 is 0.806 bits per heavy atom. The first kappa shape index (κ1) is 21.0. The van der Waals surface area contributed by atoms with Crippen LogP contribution in [0.2, 0.25) is 0 Å². The molecule has 0 N–H and O–H groups in total. The number of nitrogens with zero attached hydrogens (tertiary/aromatic N) is 3. The van der Waals surface area contributed by atoms with E-state index in [4.69, 9.17) is 0 Å². The van der Waals surface area contributed by atoms with Crippen molar-refractivity contribution in [2.24, 2.45) is 5.92 Å². The van der Waals surface area contributed by atoms with Gasteiger partial charge in [0.05, 0.1) is 5.92 Å². The number of likely N-dealkylation sites (tertiary alicyclic amines) is 1. The van der Waals surface area contributed by atoms with Crippen LogP contribution < -0.4 is 4.90 Å². The quantitative estimate of drug-likeness (QED) is 0.704. The first-order valence-corrected chi connectivity index (χ1v) is 10.2. The summed E-state index contributed by atoms with van der Waals surface area (Å²) in [4.78, 5) is 42.0. The second-order valence-electron chi connectivity index (χ2n) is 7.95. The van der Waals surface area contributed by atoms with E-state index in [1.165, 1.54) is 17.9 Å². The van der Waals surface area contributed by atoms with Gasteiger partial charge in [-0.2, -0.15) is 0 Å². The van der Waals surface area contributed by atoms with Crippen LogP contribution in [0.5, 0.6) is 0 Å². The average Bonchev–Trinajstić information content (AvgIpc) is 2.74. The van der Waals surface area contributed by atoms with E-state index in [2.05, 4.69) is 4.90 Å². The van der Waals surface area contributed by atoms with Gasteiger partial charge in [0.25, 0.3) is 5.91 Å². The Kier molecular flexibility index (Phi) is 5.71. The highest BCUT2D eigenvalue weighted by molar-refractivity contribution is 5.96. The summed E-state index contributed by atoms with van der Waals surface area (Å²) >= 11 is 0. The van der Waals surface area contributed by atoms with Crippen LogP contribution in [0.3, 0.4) is 0 Å². The van der Waals surface area contributed by atoms with Gasteiger partial charge in [-0.25, -0.2) is 8.78 Å². The summed E-state index contributed by atoms with van der Waals surface area (Å²) in [6, 6.07) is 10.5. The molecule has 2 saturated heterocycles. The number of halogens is 2. The minimum Gasteiger partial charge on any atom is -0.368 e. The molecule has 4 rings (SSSR count). The van der Waals surface area contributed by atoms with Gasteiger partial charge in [-0.3, -0.25) is 14.4 Å². The van der Waals surface area contributed by atoms with Gasteiger partial charge < -0.3 is 14.7 Å². The van der Waals surface area contributed by atoms with Crippen molar-refractivity contribution in [3.05, 3.63) is 65.2 Å². The lowest BCUT2D eigenvalue weighted by molar-refractivity contribution is -0.140. The molecule has 2 aliphatic heterocycles. The van der Waals surface area contributed by atoms with Gasteiger partial charge in [0.1, 0.15) is 0 Å². The largest absolute Gasteiger partial charge is 0.368 e. The highest BCUT2D eigenvalue weighted by Gasteiger charge is 2.39. The molecule has 2 aromatic rings. The number of hydrogen-bond acceptors (Lipinski definition) is 4. The van der Waals surface area contributed by atoms with E-state index in [-0.39, 0.29) is 36.3 Å². The predicted molar refractivity (Wildman–Crippen MR) is 111 cm³/mol. The maximum absolute atomic E-state index is 13.4. The predicted octanol–water partition coefficient (Wildman–Crippen LogP) is 2.59. The van der Waals surface area contributed by atoms with E-state index in [9.17, 15) is 23.2 Å². The molecule has 2 heterocycles. The molecular weight excluding hydrogens is 404 g/mol. The van der Waals surface area contributed by atoms with Gasteiger partial charge in [-0.05, 0) is 49.4 Å². The van der Waals surface area contributed by atoms with Crippen LogP contribution in [0, 0.1) is 17.6 Å². The van der Waals surface area contributed by atoms with Gasteiger partial charge in [-0.15, -0.1) is 0 Å². The molecule has 0 aliphatic carbocycles. The van der Waals surface area contributed by atoms with Gasteiger partial charge in [0.2, 0.25) is 5.91 Å². The summed E-state index contributed by atoms with van der Waals surface area (Å²) in [5.41, 5.74) is 1.77. The van der Waals surface area contributed by atoms with Crippen molar-refractivity contribution in [2.45, 2.75) is 6.92 Å². The maximum atomic E-state index is 13.4. The van der Waals surface area contributed by atoms with E-state index < -0.39 is 17.5 Å². The number of piperazine rings is 1. The highest BCUT2D eigenvalue weighted by atomic mass is 19.2. The summed E-state index contributed by atoms with van der Waals surface area (Å²) in [7, 11) is 0. The fourth-order valence-corrected chi connectivity index (χ4v) is 3.96. The van der Waals surface area contributed by atoms with Crippen molar-refractivity contribution in [1.29, 1.82) is 0 Å². The molecule has 31 heavy (non-hydrogen) atoms. The van der Waals surface area contributed by atoms with Crippen LogP contribution in [0.15, 0.2) is 42.5 Å². The fourth-order valence-electron chi connectivity index (χ4n) is 3.96. The van der Waals surface area contributed by atoms with Gasteiger partial charge in [0.15, 0.2) is 17.4 Å². The molecule has 0 aromatic heterocycles. The molecule has 0 unspecified atom stereocenters. The Balaban J connectivity index is 1.27. The number of amides is 2. The monoisotopic (exact) mass is 427 g/mol. The van der Waals surface area contributed by atoms with E-state index in [0.29, 0.717) is 31.7 Å². The molecule has 2 aromatic carbocycles. The molecule has 0 bridgehead atoms. The SMILES string of the molecule is CC(=O)c1ccc(N2CCN(C(=O)C3CN(C(=O)c4ccc(F)c(F)c4)C3)CC2)cc1. The summed E-state index contributed by atoms with van der Waals surface area (Å²) in [5.74, 6) is -2.69. The van der Waals surface area contributed by atoms with Crippen molar-refractivity contribution >= 4 is 23.3 Å². The third kappa shape index (κ3) is 4.28. The lowest BCUT2D eigenvalue weighted by Gasteiger charge is -2.43. The number of benzene rings is 2. The number of carbonyl (C=O) groups is 3. The minimum absolute atomic E-state index is 0.0147. The second-order valence-corrected chi connectivity index (χ2v) is 7.95. The molecule has 0 saturated carbocycles. The van der Waals surface area contributed by atoms with Crippen molar-refractivity contribution in [2.75, 3.05) is 44.2 Å². The Bertz CT molecular complexity index is 1010. The Hall–Kier alpha value is -3.29. The first-order chi connectivity index (χ1) is 14.8. The maximum Gasteiger partial charge on any atom is 0.254 e. The van der Waals surface area contributed by atoms with Crippen LogP contribution in [0.1, 0.15) is 27.6 Å². The molecule has 0 radical (unpaired) electrons. The zero-order chi connectivity index (χ0) is 22.1. The van der Waals surface area contributed by atoms with Gasteiger partial charge >= 0.3 is 0 Å². The standard InChI is InChI=1S/C23H23F2N3O3/c1-15(29)16-2-5-19(6-3-16)26-8-10-27(11-9-26)23(31)18-13-28(14-18)22(30)17-4-7-20(24)21(25)12-17/h2-7,12,18H,8-11,13-14H2,1H3. The number of Topliss-reactive ketones (excluding diaryl/α,β-unsaturated/α-hetero) is 1. The number of ketones is 1. The fraction of sp³-hybridized carbons (Fsp3) is 0.348. The Morgan fingerprint density at radius 2 is 1.42 bits per heavy atom. The third-order valence-corrected chi connectivity index (χ3v) is 5.91. The Labute approximate surface area is 179 Å². The molecule has 2 amide bonds. The molecule has 6 nitrogen and oxygen atoms in total. The summed E-state index contributed by atoms with van der Waals surface area (Å²) in [6.45, 7) is 4.64. The summed E-state index contributed by atoms with van der Waals surface area (Å²) in [5, 5.41) is 0. The van der Waals surface area contributed by atoms with Crippen molar-refractivity contribution in [3.63, 3.8) is 0 Å². The first-order valence-electron chi connectivity index (χ1n) is 10.2. The van der Waals surface area contributed by atoms with Crippen LogP contribution in [-0.2, 0) is 4.79 Å². The molecule has 0 spiro atoms. The number of hydrogen-bond donors (Lipinski definition) is 0. The van der Waals surface area contributed by atoms with Crippen LogP contribution in [-0.4, -0.2) is 66.7 Å². The number of carbonyl (C=O) groups excluding carboxylic acids is 3. The second kappa shape index (κ2) is 8.45. The zero-order valence-corrected chi connectivity index (χ0v) is 17.2. The third-order valence-electron chi connectivity index (χ3n) is 5.91. The van der Waals surface area contributed by atoms with Gasteiger partial charge in [-0.1, -0.05) is 0 Å². The highest BCUT2D eigenvalue weighted by Crippen LogP contribution is 2.24. The lowest BCUT2D eigenvalue weighted by atomic mass is 9.96. The zero-order valence-electron chi connectivity index (χ0n) is 17.2. The van der Waals surface area contributed by atoms with Crippen LogP contribution in [0.25, 0.3) is 0 Å². The smallest absolute Gasteiger partial charge is 0.254 e. The summed E-state index contributed by atoms with van der Waals surface area (Å²) in [6.07, 6.45) is 0. The molecule has 8 heteroatoms. The van der Waals surface area contributed by atoms with E-state index in [0.717, 1.165) is 17.8 Å².